The highest BCUT2D eigenvalue weighted by Gasteiger charge is 2.26. The van der Waals surface area contributed by atoms with E-state index in [1.165, 1.54) is 16.4 Å². The van der Waals surface area contributed by atoms with Crippen LogP contribution < -0.4 is 15.6 Å². The van der Waals surface area contributed by atoms with Crippen molar-refractivity contribution in [1.29, 1.82) is 5.26 Å². The highest BCUT2D eigenvalue weighted by molar-refractivity contribution is 8.00. The molecule has 0 aliphatic heterocycles. The first-order valence-corrected chi connectivity index (χ1v) is 14.7. The predicted octanol–water partition coefficient (Wildman–Crippen LogP) is 6.60. The maximum Gasteiger partial charge on any atom is 0.295 e. The molecule has 1 N–H and O–H groups in total. The van der Waals surface area contributed by atoms with Crippen molar-refractivity contribution in [2.24, 2.45) is 7.05 Å². The summed E-state index contributed by atoms with van der Waals surface area (Å²) in [6, 6.07) is 30.7. The van der Waals surface area contributed by atoms with E-state index in [2.05, 4.69) is 11.4 Å². The lowest BCUT2D eigenvalue weighted by Gasteiger charge is -2.17. The van der Waals surface area contributed by atoms with Crippen molar-refractivity contribution in [2.75, 3.05) is 12.4 Å². The highest BCUT2D eigenvalue weighted by atomic mass is 32.2. The Morgan fingerprint density at radius 2 is 1.67 bits per heavy atom. The molecule has 43 heavy (non-hydrogen) atoms. The summed E-state index contributed by atoms with van der Waals surface area (Å²) in [5.74, 6) is 0.375. The first kappa shape index (κ1) is 29.4. The summed E-state index contributed by atoms with van der Waals surface area (Å²) in [7, 11) is 3.39. The normalized spacial score (nSPS) is 11.5. The van der Waals surface area contributed by atoms with Gasteiger partial charge in [-0.25, -0.2) is 9.67 Å². The van der Waals surface area contributed by atoms with E-state index in [9.17, 15) is 14.9 Å². The van der Waals surface area contributed by atoms with Crippen LogP contribution in [0.3, 0.4) is 0 Å². The third kappa shape index (κ3) is 5.96. The molecule has 3 aromatic carbocycles. The lowest BCUT2D eigenvalue weighted by Crippen LogP contribution is -2.28. The number of nitrogens with one attached hydrogen (secondary N) is 1. The van der Waals surface area contributed by atoms with Crippen molar-refractivity contribution >= 4 is 23.4 Å². The Hall–Kier alpha value is -5.07. The fraction of sp³-hybridized carbons (Fsp3) is 0.176. The predicted molar refractivity (Wildman–Crippen MR) is 171 cm³/mol. The van der Waals surface area contributed by atoms with Crippen molar-refractivity contribution in [1.82, 2.24) is 14.3 Å². The summed E-state index contributed by atoms with van der Waals surface area (Å²) in [6.07, 6.45) is 0.454. The molecule has 0 bridgehead atoms. The Morgan fingerprint density at radius 1 is 1.02 bits per heavy atom. The Morgan fingerprint density at radius 3 is 2.28 bits per heavy atom. The minimum Gasteiger partial charge on any atom is -0.497 e. The van der Waals surface area contributed by atoms with Crippen molar-refractivity contribution < 1.29 is 9.53 Å². The third-order valence-corrected chi connectivity index (χ3v) is 8.64. The first-order chi connectivity index (χ1) is 20.9. The molecule has 2 aromatic heterocycles. The van der Waals surface area contributed by atoms with E-state index in [0.29, 0.717) is 45.4 Å². The molecule has 216 valence electrons. The molecule has 5 aromatic rings. The topological polar surface area (TPSA) is 102 Å². The average Bonchev–Trinajstić information content (AvgIpc) is 3.26. The number of aromatic nitrogens is 3. The van der Waals surface area contributed by atoms with Crippen LogP contribution in [0.15, 0.2) is 101 Å². The van der Waals surface area contributed by atoms with E-state index in [1.54, 1.807) is 25.8 Å². The number of methoxy groups -OCH3 is 1. The van der Waals surface area contributed by atoms with E-state index < -0.39 is 5.25 Å². The van der Waals surface area contributed by atoms with E-state index in [1.807, 2.05) is 97.9 Å². The Balaban J connectivity index is 1.53. The highest BCUT2D eigenvalue weighted by Crippen LogP contribution is 2.37. The van der Waals surface area contributed by atoms with Crippen molar-refractivity contribution in [3.63, 3.8) is 0 Å². The number of carbonyl (C=O) groups is 1. The number of benzene rings is 3. The Bertz CT molecular complexity index is 1860. The van der Waals surface area contributed by atoms with E-state index in [-0.39, 0.29) is 17.2 Å². The van der Waals surface area contributed by atoms with Crippen LogP contribution in [0.5, 0.6) is 5.75 Å². The molecule has 0 radical (unpaired) electrons. The molecule has 1 amide bonds. The summed E-state index contributed by atoms with van der Waals surface area (Å²) >= 11 is 1.23. The molecule has 0 spiro atoms. The largest absolute Gasteiger partial charge is 0.497 e. The number of hydrogen-bond donors (Lipinski definition) is 1. The lowest BCUT2D eigenvalue weighted by atomic mass is 9.99. The zero-order chi connectivity index (χ0) is 30.5. The number of carbonyl (C=O) groups excluding carboxylic acids is 1. The number of hydrogen-bond acceptors (Lipinski definition) is 6. The minimum absolute atomic E-state index is 0.223. The zero-order valence-corrected chi connectivity index (χ0v) is 25.2. The van der Waals surface area contributed by atoms with Gasteiger partial charge in [0.05, 0.1) is 35.0 Å². The number of para-hydroxylation sites is 1. The molecule has 0 aliphatic rings. The van der Waals surface area contributed by atoms with Crippen LogP contribution in [0.4, 0.5) is 5.69 Å². The number of nitriles is 1. The molecule has 1 unspecified atom stereocenters. The molecule has 0 fully saturated rings. The van der Waals surface area contributed by atoms with Crippen LogP contribution in [0.25, 0.3) is 28.1 Å². The summed E-state index contributed by atoms with van der Waals surface area (Å²) < 4.78 is 8.57. The quantitative estimate of drug-likeness (QED) is 0.194. The second kappa shape index (κ2) is 12.8. The fourth-order valence-electron chi connectivity index (χ4n) is 4.84. The van der Waals surface area contributed by atoms with Crippen LogP contribution in [0.2, 0.25) is 0 Å². The Kier molecular flexibility index (Phi) is 8.79. The van der Waals surface area contributed by atoms with Gasteiger partial charge in [-0.1, -0.05) is 79.3 Å². The van der Waals surface area contributed by atoms with Crippen LogP contribution in [-0.2, 0) is 11.8 Å². The first-order valence-electron chi connectivity index (χ1n) is 13.8. The summed E-state index contributed by atoms with van der Waals surface area (Å²) in [5, 5.41) is 13.0. The maximum absolute atomic E-state index is 13.7. The smallest absolute Gasteiger partial charge is 0.295 e. The number of nitrogens with zero attached hydrogens (tertiary/aromatic N) is 4. The van der Waals surface area contributed by atoms with Gasteiger partial charge in [-0.15, -0.1) is 0 Å². The molecule has 9 heteroatoms. The molecule has 8 nitrogen and oxygen atoms in total. The van der Waals surface area contributed by atoms with Gasteiger partial charge in [-0.05, 0) is 49.2 Å². The maximum atomic E-state index is 13.7. The minimum atomic E-state index is -0.612. The summed E-state index contributed by atoms with van der Waals surface area (Å²) in [5.41, 5.74) is 4.74. The average molecular weight is 590 g/mol. The van der Waals surface area contributed by atoms with Gasteiger partial charge in [0.15, 0.2) is 0 Å². The van der Waals surface area contributed by atoms with Gasteiger partial charge < -0.3 is 10.1 Å². The van der Waals surface area contributed by atoms with E-state index >= 15 is 0 Å². The molecule has 0 saturated carbocycles. The van der Waals surface area contributed by atoms with Crippen LogP contribution in [0.1, 0.15) is 24.6 Å². The van der Waals surface area contributed by atoms with Gasteiger partial charge in [0.25, 0.3) is 5.56 Å². The number of ether oxygens (including phenoxy) is 1. The number of amides is 1. The molecular formula is C34H31N5O3S. The fourth-order valence-corrected chi connectivity index (χ4v) is 5.87. The standard InChI is InChI=1S/C34H31N5O3S/c1-5-30(32(40)37-31-22(2)38(3)39(34(31)41)25-14-10-7-11-15-25)43-33-28(21-35)27(23-16-18-26(42-4)19-17-23)20-29(36-33)24-12-8-6-9-13-24/h6-20,30H,5H2,1-4H3,(H,37,40). The van der Waals surface area contributed by atoms with Gasteiger partial charge in [0, 0.05) is 18.2 Å². The molecular weight excluding hydrogens is 558 g/mol. The van der Waals surface area contributed by atoms with E-state index in [4.69, 9.17) is 9.72 Å². The molecule has 1 atom stereocenters. The van der Waals surface area contributed by atoms with Crippen LogP contribution in [-0.4, -0.2) is 32.6 Å². The number of thioether (sulfide) groups is 1. The van der Waals surface area contributed by atoms with Gasteiger partial charge >= 0.3 is 0 Å². The van der Waals surface area contributed by atoms with Crippen molar-refractivity contribution in [3.05, 3.63) is 113 Å². The summed E-state index contributed by atoms with van der Waals surface area (Å²) in [6.45, 7) is 3.69. The van der Waals surface area contributed by atoms with Crippen molar-refractivity contribution in [2.45, 2.75) is 30.5 Å². The molecule has 2 heterocycles. The van der Waals surface area contributed by atoms with Gasteiger partial charge in [0.1, 0.15) is 22.5 Å². The molecule has 5 rings (SSSR count). The van der Waals surface area contributed by atoms with Gasteiger partial charge in [0.2, 0.25) is 5.91 Å². The Labute approximate surface area is 254 Å². The SMILES string of the molecule is CCC(Sc1nc(-c2ccccc2)cc(-c2ccc(OC)cc2)c1C#N)C(=O)Nc1c(C)n(C)n(-c2ccccc2)c1=O. The summed E-state index contributed by atoms with van der Waals surface area (Å²) in [4.78, 5) is 32.0. The zero-order valence-electron chi connectivity index (χ0n) is 24.4. The molecule has 0 aliphatic carbocycles. The van der Waals surface area contributed by atoms with Gasteiger partial charge in [-0.2, -0.15) is 5.26 Å². The van der Waals surface area contributed by atoms with Gasteiger partial charge in [-0.3, -0.25) is 14.3 Å². The third-order valence-electron chi connectivity index (χ3n) is 7.29. The van der Waals surface area contributed by atoms with Crippen molar-refractivity contribution in [3.8, 4) is 39.9 Å². The lowest BCUT2D eigenvalue weighted by molar-refractivity contribution is -0.115. The number of pyridine rings is 1. The van der Waals surface area contributed by atoms with Crippen LogP contribution in [0, 0.1) is 18.3 Å². The van der Waals surface area contributed by atoms with E-state index in [0.717, 1.165) is 11.1 Å². The monoisotopic (exact) mass is 589 g/mol. The second-order valence-corrected chi connectivity index (χ2v) is 11.1. The van der Waals surface area contributed by atoms with Crippen LogP contribution >= 0.6 is 11.8 Å². The molecule has 0 saturated heterocycles. The number of rotatable bonds is 9. The second-order valence-electron chi connectivity index (χ2n) is 9.88. The number of anilines is 1.